The second-order valence-corrected chi connectivity index (χ2v) is 0.981. The summed E-state index contributed by atoms with van der Waals surface area (Å²) in [5, 5.41) is 0. The minimum atomic E-state index is -1.21. The van der Waals surface area contributed by atoms with Crippen molar-refractivity contribution in [3.05, 3.63) is 0 Å². The van der Waals surface area contributed by atoms with Gasteiger partial charge in [-0.3, -0.25) is 9.59 Å². The third kappa shape index (κ3) is 4.94. The second-order valence-electron chi connectivity index (χ2n) is 0.981. The fourth-order valence-corrected chi connectivity index (χ4v) is 0.137. The van der Waals surface area contributed by atoms with Crippen LogP contribution in [0.2, 0.25) is 0 Å². The number of ether oxygens (including phenoxy) is 2. The molecule has 0 aromatic heterocycles. The van der Waals surface area contributed by atoms with E-state index in [1.807, 2.05) is 0 Å². The highest BCUT2D eigenvalue weighted by Gasteiger charge is 1.87. The van der Waals surface area contributed by atoms with Crippen LogP contribution in [0.4, 0.5) is 0 Å². The van der Waals surface area contributed by atoms with Crippen LogP contribution in [0.1, 0.15) is 8.29 Å². The molecule has 0 radical (unpaired) electrons. The quantitative estimate of drug-likeness (QED) is 0.284. The SMILES string of the molecule is [2H]C(=O)OCOC(C)=O. The predicted molar refractivity (Wildman–Crippen MR) is 23.8 cm³/mol. The van der Waals surface area contributed by atoms with E-state index in [4.69, 9.17) is 1.37 Å². The molecule has 0 heterocycles. The molecule has 0 rings (SSSR count). The zero-order valence-electron chi connectivity index (χ0n) is 5.34. The lowest BCUT2D eigenvalue weighted by Crippen LogP contribution is -2.02. The third-order valence-electron chi connectivity index (χ3n) is 0.380. The highest BCUT2D eigenvalue weighted by Crippen LogP contribution is 1.73. The molecule has 4 nitrogen and oxygen atoms in total. The van der Waals surface area contributed by atoms with Gasteiger partial charge in [0.2, 0.25) is 6.79 Å². The molecular weight excluding hydrogens is 112 g/mol. The molecule has 0 atom stereocenters. The maximum atomic E-state index is 9.95. The number of esters is 1. The smallest absolute Gasteiger partial charge is 0.305 e. The Hall–Kier alpha value is -1.06. The fourth-order valence-electron chi connectivity index (χ4n) is 0.137. The van der Waals surface area contributed by atoms with Crippen LogP contribution in [0.15, 0.2) is 0 Å². The van der Waals surface area contributed by atoms with Crippen molar-refractivity contribution in [3.8, 4) is 0 Å². The molecule has 0 spiro atoms. The van der Waals surface area contributed by atoms with Gasteiger partial charge >= 0.3 is 5.97 Å². The van der Waals surface area contributed by atoms with Crippen LogP contribution >= 0.6 is 0 Å². The lowest BCUT2D eigenvalue weighted by Gasteiger charge is -1.95. The van der Waals surface area contributed by atoms with E-state index in [1.54, 1.807) is 0 Å². The molecule has 0 bridgehead atoms. The second kappa shape index (κ2) is 4.11. The van der Waals surface area contributed by atoms with Crippen molar-refractivity contribution in [2.75, 3.05) is 6.79 Å². The van der Waals surface area contributed by atoms with Crippen LogP contribution in [-0.4, -0.2) is 19.2 Å². The van der Waals surface area contributed by atoms with Crippen LogP contribution < -0.4 is 0 Å². The van der Waals surface area contributed by atoms with Gasteiger partial charge in [-0.05, 0) is 0 Å². The van der Waals surface area contributed by atoms with E-state index in [0.29, 0.717) is 0 Å². The van der Waals surface area contributed by atoms with Gasteiger partial charge in [-0.2, -0.15) is 0 Å². The molecule has 0 aromatic rings. The first-order valence-electron chi connectivity index (χ1n) is 2.39. The number of rotatable bonds is 2. The Morgan fingerprint density at radius 2 is 2.62 bits per heavy atom. The molecular formula is C4H6O4. The van der Waals surface area contributed by atoms with Crippen molar-refractivity contribution in [3.63, 3.8) is 0 Å². The number of carbonyl (C=O) groups excluding carboxylic acids is 2. The van der Waals surface area contributed by atoms with E-state index < -0.39 is 19.2 Å². The summed E-state index contributed by atoms with van der Waals surface area (Å²) >= 11 is 0. The van der Waals surface area contributed by atoms with Crippen LogP contribution in [0.25, 0.3) is 0 Å². The molecule has 0 unspecified atom stereocenters. The van der Waals surface area contributed by atoms with Crippen LogP contribution in [-0.2, 0) is 19.1 Å². The summed E-state index contributed by atoms with van der Waals surface area (Å²) in [4.78, 5) is 19.6. The molecule has 0 N–H and O–H groups in total. The van der Waals surface area contributed by atoms with Gasteiger partial charge in [-0.25, -0.2) is 0 Å². The first kappa shape index (κ1) is 5.08. The van der Waals surface area contributed by atoms with Crippen LogP contribution in [0.5, 0.6) is 0 Å². The molecule has 0 aromatic carbocycles. The average molecular weight is 119 g/mol. The highest BCUT2D eigenvalue weighted by atomic mass is 16.7. The number of hydrogen-bond acceptors (Lipinski definition) is 4. The largest absolute Gasteiger partial charge is 0.430 e. The summed E-state index contributed by atoms with van der Waals surface area (Å²) in [7, 11) is 0. The average Bonchev–Trinajstić information content (AvgIpc) is 1.63. The number of carbonyl (C=O) groups is 2. The zero-order chi connectivity index (χ0) is 7.28. The Morgan fingerprint density at radius 1 is 2.00 bits per heavy atom. The predicted octanol–water partition coefficient (Wildman–Crippen LogP) is -0.320. The van der Waals surface area contributed by atoms with Gasteiger partial charge in [0.25, 0.3) is 6.45 Å². The van der Waals surface area contributed by atoms with Crippen molar-refractivity contribution in [1.29, 1.82) is 0 Å². The Labute approximate surface area is 47.8 Å². The van der Waals surface area contributed by atoms with E-state index in [9.17, 15) is 9.59 Å². The van der Waals surface area contributed by atoms with E-state index in [2.05, 4.69) is 9.47 Å². The molecule has 4 heteroatoms. The lowest BCUT2D eigenvalue weighted by atomic mass is 10.8. The summed E-state index contributed by atoms with van der Waals surface area (Å²) in [5.41, 5.74) is 0. The highest BCUT2D eigenvalue weighted by molar-refractivity contribution is 5.65. The van der Waals surface area contributed by atoms with Gasteiger partial charge in [0.15, 0.2) is 1.37 Å². The minimum Gasteiger partial charge on any atom is -0.430 e. The van der Waals surface area contributed by atoms with Gasteiger partial charge in [-0.15, -0.1) is 0 Å². The van der Waals surface area contributed by atoms with Gasteiger partial charge in [0, 0.05) is 6.92 Å². The van der Waals surface area contributed by atoms with Gasteiger partial charge in [-0.1, -0.05) is 0 Å². The van der Waals surface area contributed by atoms with Crippen LogP contribution in [0.3, 0.4) is 0 Å². The molecule has 0 fully saturated rings. The summed E-state index contributed by atoms with van der Waals surface area (Å²) in [6.07, 6.45) is -1.21. The van der Waals surface area contributed by atoms with Crippen molar-refractivity contribution in [2.45, 2.75) is 6.92 Å². The van der Waals surface area contributed by atoms with Gasteiger partial charge < -0.3 is 9.47 Å². The van der Waals surface area contributed by atoms with Gasteiger partial charge in [0.05, 0.1) is 0 Å². The standard InChI is InChI=1S/C4H6O4/c1-4(6)8-3-7-2-5/h2H,3H2,1H3/i2D. The molecule has 8 heavy (non-hydrogen) atoms. The Kier molecular flexibility index (Phi) is 2.61. The van der Waals surface area contributed by atoms with E-state index in [1.165, 1.54) is 6.92 Å². The molecule has 0 saturated heterocycles. The minimum absolute atomic E-state index is 0.475. The van der Waals surface area contributed by atoms with Gasteiger partial charge in [0.1, 0.15) is 0 Å². The Balaban J connectivity index is 3.10. The molecule has 0 aliphatic heterocycles. The summed E-state index contributed by atoms with van der Waals surface area (Å²) in [6, 6.07) is 0. The first-order valence-corrected chi connectivity index (χ1v) is 1.89. The van der Waals surface area contributed by atoms with Crippen molar-refractivity contribution in [2.24, 2.45) is 0 Å². The first-order chi connectivity index (χ1) is 4.13. The molecule has 46 valence electrons. The number of hydrogen-bond donors (Lipinski definition) is 0. The fraction of sp³-hybridized carbons (Fsp3) is 0.500. The molecule has 0 saturated carbocycles. The van der Waals surface area contributed by atoms with Crippen LogP contribution in [0, 0.1) is 0 Å². The van der Waals surface area contributed by atoms with E-state index >= 15 is 0 Å². The van der Waals surface area contributed by atoms with E-state index in [0.717, 1.165) is 0 Å². The summed E-state index contributed by atoms with van der Waals surface area (Å²) in [5.74, 6) is -0.545. The summed E-state index contributed by atoms with van der Waals surface area (Å²) in [6.45, 7) is 0.704. The third-order valence-corrected chi connectivity index (χ3v) is 0.380. The van der Waals surface area contributed by atoms with Crippen molar-refractivity contribution < 1.29 is 20.4 Å². The van der Waals surface area contributed by atoms with Crippen molar-refractivity contribution >= 4 is 12.4 Å². The Bertz CT molecular complexity index is 108. The Morgan fingerprint density at radius 3 is 3.00 bits per heavy atom. The molecule has 0 aliphatic rings. The molecule has 0 amide bonds. The van der Waals surface area contributed by atoms with Crippen molar-refractivity contribution in [1.82, 2.24) is 0 Å². The maximum Gasteiger partial charge on any atom is 0.305 e. The normalized spacial score (nSPS) is 9.38. The van der Waals surface area contributed by atoms with E-state index in [-0.39, 0.29) is 0 Å². The lowest BCUT2D eigenvalue weighted by molar-refractivity contribution is -0.157. The topological polar surface area (TPSA) is 52.6 Å². The zero-order valence-corrected chi connectivity index (χ0v) is 4.34. The monoisotopic (exact) mass is 119 g/mol. The maximum absolute atomic E-state index is 9.95. The summed E-state index contributed by atoms with van der Waals surface area (Å²) < 4.78 is 14.3. The molecule has 0 aliphatic carbocycles.